The highest BCUT2D eigenvalue weighted by Crippen LogP contribution is 2.31. The molecule has 4 rings (SSSR count). The Labute approximate surface area is 221 Å². The molecule has 0 aliphatic rings. The number of methoxy groups -OCH3 is 2. The molecule has 1 heterocycles. The molecule has 36 heavy (non-hydrogen) atoms. The summed E-state index contributed by atoms with van der Waals surface area (Å²) >= 11 is 13.3. The molecule has 3 aromatic carbocycles. The fourth-order valence-electron chi connectivity index (χ4n) is 3.29. The van der Waals surface area contributed by atoms with Crippen molar-refractivity contribution in [2.75, 3.05) is 19.5 Å². The zero-order chi connectivity index (χ0) is 25.7. The minimum Gasteiger partial charge on any atom is -0.497 e. The van der Waals surface area contributed by atoms with Gasteiger partial charge in [-0.1, -0.05) is 59.6 Å². The average Bonchev–Trinajstić information content (AvgIpc) is 3.37. The van der Waals surface area contributed by atoms with Crippen LogP contribution in [0.3, 0.4) is 0 Å². The molecule has 1 unspecified atom stereocenters. The molecule has 184 valence electrons. The van der Waals surface area contributed by atoms with Gasteiger partial charge in [0.2, 0.25) is 6.10 Å². The number of ether oxygens (including phenoxy) is 3. The van der Waals surface area contributed by atoms with Crippen LogP contribution in [0.4, 0.5) is 5.13 Å². The molecule has 0 saturated carbocycles. The minimum absolute atomic E-state index is 0.177. The lowest BCUT2D eigenvalue weighted by Crippen LogP contribution is -2.26. The molecular weight excluding hydrogens is 523 g/mol. The largest absolute Gasteiger partial charge is 0.497 e. The second-order valence-electron chi connectivity index (χ2n) is 7.45. The van der Waals surface area contributed by atoms with E-state index in [1.54, 1.807) is 60.0 Å². The summed E-state index contributed by atoms with van der Waals surface area (Å²) in [6.45, 7) is 0. The number of carbonyl (C=O) groups is 2. The van der Waals surface area contributed by atoms with Gasteiger partial charge in [-0.05, 0) is 24.3 Å². The second-order valence-corrected chi connectivity index (χ2v) is 9.13. The van der Waals surface area contributed by atoms with E-state index in [0.717, 1.165) is 5.56 Å². The Hall–Kier alpha value is -3.59. The van der Waals surface area contributed by atoms with Gasteiger partial charge in [0.25, 0.3) is 5.91 Å². The van der Waals surface area contributed by atoms with Crippen LogP contribution in [-0.4, -0.2) is 31.1 Å². The van der Waals surface area contributed by atoms with Crippen molar-refractivity contribution in [2.24, 2.45) is 0 Å². The van der Waals surface area contributed by atoms with Crippen LogP contribution in [0.25, 0.3) is 11.3 Å². The van der Waals surface area contributed by atoms with Gasteiger partial charge in [0, 0.05) is 22.6 Å². The van der Waals surface area contributed by atoms with Crippen LogP contribution >= 0.6 is 34.5 Å². The number of aromatic nitrogens is 1. The smallest absolute Gasteiger partial charge is 0.339 e. The van der Waals surface area contributed by atoms with Gasteiger partial charge in [-0.2, -0.15) is 0 Å². The molecule has 0 bridgehead atoms. The quantitative estimate of drug-likeness (QED) is 0.250. The number of rotatable bonds is 8. The summed E-state index contributed by atoms with van der Waals surface area (Å²) in [6.07, 6.45) is -1.23. The van der Waals surface area contributed by atoms with E-state index in [2.05, 4.69) is 10.3 Å². The molecular formula is C26H20Cl2N2O5S. The van der Waals surface area contributed by atoms with Gasteiger partial charge in [0.1, 0.15) is 11.5 Å². The predicted molar refractivity (Wildman–Crippen MR) is 140 cm³/mol. The molecule has 0 spiro atoms. The van der Waals surface area contributed by atoms with Gasteiger partial charge in [0.05, 0.1) is 35.5 Å². The summed E-state index contributed by atoms with van der Waals surface area (Å²) in [7, 11) is 2.95. The van der Waals surface area contributed by atoms with Crippen molar-refractivity contribution < 1.29 is 23.8 Å². The zero-order valence-corrected chi connectivity index (χ0v) is 21.5. The van der Waals surface area contributed by atoms with E-state index in [1.165, 1.54) is 37.7 Å². The molecule has 7 nitrogen and oxygen atoms in total. The maximum atomic E-state index is 13.3. The van der Waals surface area contributed by atoms with Crippen LogP contribution in [0.1, 0.15) is 22.0 Å². The van der Waals surface area contributed by atoms with Crippen LogP contribution < -0.4 is 14.8 Å². The maximum Gasteiger partial charge on any atom is 0.339 e. The van der Waals surface area contributed by atoms with E-state index in [-0.39, 0.29) is 5.56 Å². The van der Waals surface area contributed by atoms with E-state index in [4.69, 9.17) is 37.4 Å². The van der Waals surface area contributed by atoms with Crippen molar-refractivity contribution in [3.8, 4) is 22.8 Å². The lowest BCUT2D eigenvalue weighted by molar-refractivity contribution is -0.125. The van der Waals surface area contributed by atoms with Crippen LogP contribution in [-0.2, 0) is 9.53 Å². The summed E-state index contributed by atoms with van der Waals surface area (Å²) in [4.78, 5) is 30.7. The second kappa shape index (κ2) is 11.4. The number of anilines is 1. The fraction of sp³-hybridized carbons (Fsp3) is 0.115. The molecule has 4 aromatic rings. The summed E-state index contributed by atoms with van der Waals surface area (Å²) in [5.41, 5.74) is 2.04. The van der Waals surface area contributed by atoms with Gasteiger partial charge in [0.15, 0.2) is 5.13 Å². The number of benzene rings is 3. The zero-order valence-electron chi connectivity index (χ0n) is 19.2. The van der Waals surface area contributed by atoms with Crippen molar-refractivity contribution in [3.05, 3.63) is 93.3 Å². The highest BCUT2D eigenvalue weighted by molar-refractivity contribution is 7.14. The summed E-state index contributed by atoms with van der Waals surface area (Å²) < 4.78 is 16.1. The van der Waals surface area contributed by atoms with Gasteiger partial charge >= 0.3 is 5.97 Å². The standard InChI is InChI=1S/C26H20Cl2N2O5S/c1-33-18-10-17(11-19(13-18)34-2)25(32)35-23(15-6-4-3-5-7-15)24(31)30-26-29-22(14-36-26)16-8-9-20(27)21(28)12-16/h3-14,23H,1-2H3,(H,29,30,31). The lowest BCUT2D eigenvalue weighted by atomic mass is 10.1. The monoisotopic (exact) mass is 542 g/mol. The highest BCUT2D eigenvalue weighted by Gasteiger charge is 2.27. The Bertz CT molecular complexity index is 1370. The Morgan fingerprint density at radius 1 is 0.917 bits per heavy atom. The van der Waals surface area contributed by atoms with Crippen LogP contribution in [0.5, 0.6) is 11.5 Å². The molecule has 1 N–H and O–H groups in total. The van der Waals surface area contributed by atoms with Gasteiger partial charge in [-0.15, -0.1) is 11.3 Å². The summed E-state index contributed by atoms with van der Waals surface area (Å²) in [5.74, 6) is -0.439. The lowest BCUT2D eigenvalue weighted by Gasteiger charge is -2.18. The van der Waals surface area contributed by atoms with Gasteiger partial charge in [-0.25, -0.2) is 9.78 Å². The number of amides is 1. The minimum atomic E-state index is -1.23. The van der Waals surface area contributed by atoms with E-state index in [9.17, 15) is 9.59 Å². The number of esters is 1. The van der Waals surface area contributed by atoms with E-state index in [1.807, 2.05) is 0 Å². The molecule has 0 saturated heterocycles. The Balaban J connectivity index is 1.57. The number of thiazole rings is 1. The molecule has 0 aliphatic carbocycles. The molecule has 1 atom stereocenters. The van der Waals surface area contributed by atoms with Crippen molar-refractivity contribution in [1.29, 1.82) is 0 Å². The first-order valence-electron chi connectivity index (χ1n) is 10.6. The molecule has 0 fully saturated rings. The Morgan fingerprint density at radius 3 is 2.25 bits per heavy atom. The number of carbonyl (C=O) groups excluding carboxylic acids is 2. The third-order valence-electron chi connectivity index (χ3n) is 5.10. The number of nitrogens with one attached hydrogen (secondary N) is 1. The first-order valence-corrected chi connectivity index (χ1v) is 12.2. The number of hydrogen-bond acceptors (Lipinski definition) is 7. The average molecular weight is 543 g/mol. The van der Waals surface area contributed by atoms with E-state index < -0.39 is 18.0 Å². The maximum absolute atomic E-state index is 13.3. The number of halogens is 2. The molecule has 0 radical (unpaired) electrons. The number of nitrogens with zero attached hydrogens (tertiary/aromatic N) is 1. The normalized spacial score (nSPS) is 11.4. The SMILES string of the molecule is COc1cc(OC)cc(C(=O)OC(C(=O)Nc2nc(-c3ccc(Cl)c(Cl)c3)cs2)c2ccccc2)c1. The Morgan fingerprint density at radius 2 is 1.61 bits per heavy atom. The summed E-state index contributed by atoms with van der Waals surface area (Å²) in [6, 6.07) is 18.5. The Kier molecular flexibility index (Phi) is 8.10. The first-order chi connectivity index (χ1) is 17.4. The van der Waals surface area contributed by atoms with Crippen molar-refractivity contribution in [1.82, 2.24) is 4.98 Å². The van der Waals surface area contributed by atoms with Crippen molar-refractivity contribution in [2.45, 2.75) is 6.10 Å². The third-order valence-corrected chi connectivity index (χ3v) is 6.60. The van der Waals surface area contributed by atoms with Crippen LogP contribution in [0.2, 0.25) is 10.0 Å². The highest BCUT2D eigenvalue weighted by atomic mass is 35.5. The topological polar surface area (TPSA) is 86.8 Å². The summed E-state index contributed by atoms with van der Waals surface area (Å²) in [5, 5.41) is 5.69. The molecule has 1 amide bonds. The molecule has 1 aromatic heterocycles. The van der Waals surface area contributed by atoms with E-state index in [0.29, 0.717) is 37.9 Å². The van der Waals surface area contributed by atoms with Crippen molar-refractivity contribution in [3.63, 3.8) is 0 Å². The van der Waals surface area contributed by atoms with Gasteiger partial charge in [-0.3, -0.25) is 10.1 Å². The van der Waals surface area contributed by atoms with Crippen LogP contribution in [0.15, 0.2) is 72.1 Å². The van der Waals surface area contributed by atoms with Crippen LogP contribution in [0, 0.1) is 0 Å². The van der Waals surface area contributed by atoms with E-state index >= 15 is 0 Å². The fourth-order valence-corrected chi connectivity index (χ4v) is 4.31. The van der Waals surface area contributed by atoms with Crippen molar-refractivity contribution >= 4 is 51.5 Å². The first kappa shape index (κ1) is 25.5. The predicted octanol–water partition coefficient (Wildman–Crippen LogP) is 6.67. The van der Waals surface area contributed by atoms with Gasteiger partial charge < -0.3 is 14.2 Å². The molecule has 0 aliphatic heterocycles. The molecule has 10 heteroatoms. The third kappa shape index (κ3) is 5.96. The number of hydrogen-bond donors (Lipinski definition) is 1.